The predicted octanol–water partition coefficient (Wildman–Crippen LogP) is 3.07. The number of aromatic nitrogens is 3. The third-order valence-corrected chi connectivity index (χ3v) is 3.96. The summed E-state index contributed by atoms with van der Waals surface area (Å²) in [5.74, 6) is 1.08. The van der Waals surface area contributed by atoms with E-state index in [2.05, 4.69) is 20.6 Å². The minimum atomic E-state index is -0.282. The van der Waals surface area contributed by atoms with Crippen LogP contribution in [0.5, 0.6) is 0 Å². The van der Waals surface area contributed by atoms with E-state index in [1.807, 2.05) is 18.2 Å². The van der Waals surface area contributed by atoms with Crippen molar-refractivity contribution in [1.29, 1.82) is 0 Å². The number of hydrogen-bond donors (Lipinski definition) is 2. The summed E-state index contributed by atoms with van der Waals surface area (Å²) in [4.78, 5) is 13.4. The fourth-order valence-corrected chi connectivity index (χ4v) is 2.78. The van der Waals surface area contributed by atoms with E-state index in [1.165, 1.54) is 12.1 Å². The molecule has 0 saturated heterocycles. The van der Waals surface area contributed by atoms with Crippen LogP contribution in [0.2, 0.25) is 0 Å². The third-order valence-electron chi connectivity index (χ3n) is 3.96. The maximum atomic E-state index is 13.5. The van der Waals surface area contributed by atoms with Crippen LogP contribution in [0.25, 0.3) is 11.4 Å². The number of pyridine rings is 1. The summed E-state index contributed by atoms with van der Waals surface area (Å²) < 4.78 is 13.5. The van der Waals surface area contributed by atoms with Gasteiger partial charge in [0.15, 0.2) is 5.82 Å². The largest absolute Gasteiger partial charge is 0.340 e. The van der Waals surface area contributed by atoms with Crippen LogP contribution in [0.1, 0.15) is 11.3 Å². The van der Waals surface area contributed by atoms with Crippen LogP contribution in [0.3, 0.4) is 0 Å². The molecule has 5 nitrogen and oxygen atoms in total. The minimum absolute atomic E-state index is 0.282. The first kappa shape index (κ1) is 14.7. The van der Waals surface area contributed by atoms with E-state index in [4.69, 9.17) is 4.98 Å². The van der Waals surface area contributed by atoms with Crippen LogP contribution < -0.4 is 10.6 Å². The summed E-state index contributed by atoms with van der Waals surface area (Å²) in [6.07, 6.45) is 4.28. The maximum absolute atomic E-state index is 13.5. The molecule has 4 rings (SSSR count). The van der Waals surface area contributed by atoms with Gasteiger partial charge in [-0.1, -0.05) is 6.07 Å². The monoisotopic (exact) mass is 321 g/mol. The zero-order valence-corrected chi connectivity index (χ0v) is 13.0. The summed E-state index contributed by atoms with van der Waals surface area (Å²) in [7, 11) is 0. The smallest absolute Gasteiger partial charge is 0.161 e. The highest BCUT2D eigenvalue weighted by Crippen LogP contribution is 2.27. The number of nitrogens with one attached hydrogen (secondary N) is 2. The van der Waals surface area contributed by atoms with Gasteiger partial charge in [-0.05, 0) is 30.3 Å². The van der Waals surface area contributed by atoms with Gasteiger partial charge in [-0.2, -0.15) is 0 Å². The molecule has 120 valence electrons. The minimum Gasteiger partial charge on any atom is -0.340 e. The van der Waals surface area contributed by atoms with E-state index in [0.717, 1.165) is 29.8 Å². The fraction of sp³-hybridized carbons (Fsp3) is 0.167. The van der Waals surface area contributed by atoms with Crippen LogP contribution in [-0.4, -0.2) is 21.5 Å². The molecule has 6 heteroatoms. The first-order valence-electron chi connectivity index (χ1n) is 7.83. The Bertz CT molecular complexity index is 867. The van der Waals surface area contributed by atoms with Gasteiger partial charge in [0.25, 0.3) is 0 Å². The van der Waals surface area contributed by atoms with Gasteiger partial charge >= 0.3 is 0 Å². The highest BCUT2D eigenvalue weighted by molar-refractivity contribution is 5.65. The van der Waals surface area contributed by atoms with Gasteiger partial charge in [-0.25, -0.2) is 14.4 Å². The normalized spacial score (nSPS) is 13.4. The average Bonchev–Trinajstić information content (AvgIpc) is 2.62. The summed E-state index contributed by atoms with van der Waals surface area (Å²) >= 11 is 0. The van der Waals surface area contributed by atoms with Gasteiger partial charge < -0.3 is 10.6 Å². The molecular formula is C18H16FN5. The zero-order chi connectivity index (χ0) is 16.4. The molecule has 24 heavy (non-hydrogen) atoms. The second-order valence-corrected chi connectivity index (χ2v) is 5.62. The van der Waals surface area contributed by atoms with Gasteiger partial charge in [0.2, 0.25) is 0 Å². The lowest BCUT2D eigenvalue weighted by atomic mass is 10.1. The second-order valence-electron chi connectivity index (χ2n) is 5.62. The van der Waals surface area contributed by atoms with Crippen LogP contribution in [0.4, 0.5) is 15.9 Å². The average molecular weight is 321 g/mol. The molecule has 0 amide bonds. The fourth-order valence-electron chi connectivity index (χ4n) is 2.78. The van der Waals surface area contributed by atoms with Crippen molar-refractivity contribution in [3.63, 3.8) is 0 Å². The predicted molar refractivity (Wildman–Crippen MR) is 90.4 cm³/mol. The SMILES string of the molecule is Fc1cccc(Nc2nc(-c3ccncc3)nc3c2CNCC3)c1. The number of hydrogen-bond acceptors (Lipinski definition) is 5. The lowest BCUT2D eigenvalue weighted by Crippen LogP contribution is -2.26. The number of fused-ring (bicyclic) bond motifs is 1. The Hall–Kier alpha value is -2.86. The highest BCUT2D eigenvalue weighted by atomic mass is 19.1. The maximum Gasteiger partial charge on any atom is 0.161 e. The molecule has 0 atom stereocenters. The van der Waals surface area contributed by atoms with Crippen LogP contribution in [0, 0.1) is 5.82 Å². The number of anilines is 2. The molecule has 2 N–H and O–H groups in total. The van der Waals surface area contributed by atoms with Gasteiger partial charge in [0.1, 0.15) is 11.6 Å². The molecule has 0 bridgehead atoms. The molecule has 0 fully saturated rings. The number of nitrogens with zero attached hydrogens (tertiary/aromatic N) is 3. The lowest BCUT2D eigenvalue weighted by Gasteiger charge is -2.21. The van der Waals surface area contributed by atoms with Crippen molar-refractivity contribution in [2.75, 3.05) is 11.9 Å². The van der Waals surface area contributed by atoms with Crippen molar-refractivity contribution in [3.8, 4) is 11.4 Å². The van der Waals surface area contributed by atoms with Crippen LogP contribution in [-0.2, 0) is 13.0 Å². The van der Waals surface area contributed by atoms with Crippen molar-refractivity contribution in [1.82, 2.24) is 20.3 Å². The molecule has 0 saturated carbocycles. The first-order chi connectivity index (χ1) is 11.8. The van der Waals surface area contributed by atoms with E-state index in [-0.39, 0.29) is 5.82 Å². The molecule has 3 heterocycles. The van der Waals surface area contributed by atoms with Crippen molar-refractivity contribution in [3.05, 3.63) is 65.9 Å². The van der Waals surface area contributed by atoms with Crippen molar-refractivity contribution < 1.29 is 4.39 Å². The Morgan fingerprint density at radius 3 is 2.79 bits per heavy atom. The van der Waals surface area contributed by atoms with Gasteiger partial charge in [-0.3, -0.25) is 4.98 Å². The van der Waals surface area contributed by atoms with Crippen molar-refractivity contribution in [2.45, 2.75) is 13.0 Å². The van der Waals surface area contributed by atoms with E-state index < -0.39 is 0 Å². The highest BCUT2D eigenvalue weighted by Gasteiger charge is 2.18. The van der Waals surface area contributed by atoms with E-state index >= 15 is 0 Å². The molecule has 0 spiro atoms. The molecular weight excluding hydrogens is 305 g/mol. The van der Waals surface area contributed by atoms with Crippen LogP contribution >= 0.6 is 0 Å². The molecule has 0 radical (unpaired) electrons. The summed E-state index contributed by atoms with van der Waals surface area (Å²) in [6, 6.07) is 10.1. The second kappa shape index (κ2) is 6.33. The molecule has 0 aliphatic carbocycles. The van der Waals surface area contributed by atoms with Crippen molar-refractivity contribution in [2.24, 2.45) is 0 Å². The Morgan fingerprint density at radius 1 is 1.08 bits per heavy atom. The molecule has 2 aromatic heterocycles. The standard InChI is InChI=1S/C18H16FN5/c19-13-2-1-3-14(10-13)22-18-15-11-21-9-6-16(15)23-17(24-18)12-4-7-20-8-5-12/h1-5,7-8,10,21H,6,9,11H2,(H,22,23,24). The Kier molecular flexibility index (Phi) is 3.88. The van der Waals surface area contributed by atoms with Gasteiger partial charge in [-0.15, -0.1) is 0 Å². The van der Waals surface area contributed by atoms with Crippen molar-refractivity contribution >= 4 is 11.5 Å². The molecule has 3 aromatic rings. The Balaban J connectivity index is 1.79. The Morgan fingerprint density at radius 2 is 1.96 bits per heavy atom. The molecule has 1 aromatic carbocycles. The number of benzene rings is 1. The Labute approximate surface area is 139 Å². The molecule has 1 aliphatic heterocycles. The number of rotatable bonds is 3. The van der Waals surface area contributed by atoms with Crippen LogP contribution in [0.15, 0.2) is 48.8 Å². The molecule has 1 aliphatic rings. The van der Waals surface area contributed by atoms with E-state index in [1.54, 1.807) is 18.5 Å². The topological polar surface area (TPSA) is 62.7 Å². The summed E-state index contributed by atoms with van der Waals surface area (Å²) in [5.41, 5.74) is 3.63. The quantitative estimate of drug-likeness (QED) is 0.776. The summed E-state index contributed by atoms with van der Waals surface area (Å²) in [5, 5.41) is 6.57. The van der Waals surface area contributed by atoms with E-state index in [0.29, 0.717) is 23.9 Å². The van der Waals surface area contributed by atoms with Gasteiger partial charge in [0, 0.05) is 48.7 Å². The van der Waals surface area contributed by atoms with Gasteiger partial charge in [0.05, 0.1) is 5.69 Å². The number of halogens is 1. The van der Waals surface area contributed by atoms with E-state index in [9.17, 15) is 4.39 Å². The lowest BCUT2D eigenvalue weighted by molar-refractivity contribution is 0.627. The molecule has 0 unspecified atom stereocenters. The zero-order valence-electron chi connectivity index (χ0n) is 13.0. The first-order valence-corrected chi connectivity index (χ1v) is 7.83. The summed E-state index contributed by atoms with van der Waals surface area (Å²) in [6.45, 7) is 1.59. The third kappa shape index (κ3) is 2.96.